The quantitative estimate of drug-likeness (QED) is 0.792. The van der Waals surface area contributed by atoms with Gasteiger partial charge in [0, 0.05) is 31.4 Å². The van der Waals surface area contributed by atoms with Crippen molar-refractivity contribution in [3.8, 4) is 11.1 Å². The van der Waals surface area contributed by atoms with Crippen LogP contribution in [0.5, 0.6) is 0 Å². The molecule has 102 valence electrons. The smallest absolute Gasteiger partial charge is 0.195 e. The predicted octanol–water partition coefficient (Wildman–Crippen LogP) is 2.45. The number of pyridine rings is 1. The van der Waals surface area contributed by atoms with Crippen molar-refractivity contribution in [2.24, 2.45) is 0 Å². The number of benzene rings is 1. The van der Waals surface area contributed by atoms with Gasteiger partial charge in [0.25, 0.3) is 0 Å². The number of aromatic nitrogens is 1. The molecule has 1 aromatic heterocycles. The van der Waals surface area contributed by atoms with Crippen molar-refractivity contribution in [2.75, 3.05) is 18.5 Å². The monoisotopic (exact) mass is 266 g/mol. The fraction of sp³-hybridized carbons (Fsp3) is 0.353. The highest BCUT2D eigenvalue weighted by atomic mass is 16.1. The Hall–Kier alpha value is -2.03. The molecule has 0 bridgehead atoms. The van der Waals surface area contributed by atoms with Crippen LogP contribution in [-0.2, 0) is 19.4 Å². The van der Waals surface area contributed by atoms with Gasteiger partial charge in [-0.25, -0.2) is 0 Å². The lowest BCUT2D eigenvalue weighted by atomic mass is 10.0. The highest BCUT2D eigenvalue weighted by Gasteiger charge is 2.29. The van der Waals surface area contributed by atoms with Gasteiger partial charge in [-0.1, -0.05) is 30.3 Å². The van der Waals surface area contributed by atoms with E-state index >= 15 is 0 Å². The molecule has 2 aromatic rings. The zero-order chi connectivity index (χ0) is 13.7. The van der Waals surface area contributed by atoms with Gasteiger partial charge < -0.3 is 9.47 Å². The van der Waals surface area contributed by atoms with Crippen LogP contribution in [0.1, 0.15) is 17.7 Å². The summed E-state index contributed by atoms with van der Waals surface area (Å²) in [6, 6.07) is 10.1. The number of likely N-dealkylation sites (N-methyl/N-ethyl adjacent to an activating group) is 1. The van der Waals surface area contributed by atoms with E-state index in [-0.39, 0.29) is 5.43 Å². The average molecular weight is 266 g/mol. The average Bonchev–Trinajstić information content (AvgIpc) is 3.08. The number of nitrogens with zero attached hydrogens (tertiary/aromatic N) is 2. The number of rotatable bonds is 1. The third-order valence-electron chi connectivity index (χ3n) is 4.58. The van der Waals surface area contributed by atoms with E-state index in [2.05, 4.69) is 16.5 Å². The predicted molar refractivity (Wildman–Crippen MR) is 81.4 cm³/mol. The Kier molecular flexibility index (Phi) is 2.49. The normalized spacial score (nSPS) is 16.4. The van der Waals surface area contributed by atoms with Gasteiger partial charge in [0.05, 0.1) is 5.56 Å². The number of anilines is 1. The molecule has 0 N–H and O–H groups in total. The van der Waals surface area contributed by atoms with E-state index in [1.54, 1.807) is 0 Å². The van der Waals surface area contributed by atoms with Gasteiger partial charge in [-0.3, -0.25) is 4.79 Å². The maximum absolute atomic E-state index is 12.9. The highest BCUT2D eigenvalue weighted by molar-refractivity contribution is 5.78. The van der Waals surface area contributed by atoms with E-state index < -0.39 is 0 Å². The van der Waals surface area contributed by atoms with E-state index in [9.17, 15) is 4.79 Å². The minimum atomic E-state index is 0.253. The summed E-state index contributed by atoms with van der Waals surface area (Å²) in [6.07, 6.45) is 3.12. The lowest BCUT2D eigenvalue weighted by molar-refractivity contribution is 0.739. The van der Waals surface area contributed by atoms with Crippen molar-refractivity contribution in [3.05, 3.63) is 51.8 Å². The molecular weight excluding hydrogens is 248 g/mol. The van der Waals surface area contributed by atoms with Crippen LogP contribution in [0.15, 0.2) is 35.1 Å². The van der Waals surface area contributed by atoms with Crippen LogP contribution in [-0.4, -0.2) is 18.2 Å². The molecule has 0 unspecified atom stereocenters. The second kappa shape index (κ2) is 4.23. The van der Waals surface area contributed by atoms with Crippen molar-refractivity contribution in [1.29, 1.82) is 0 Å². The molecule has 0 saturated heterocycles. The van der Waals surface area contributed by atoms with Crippen LogP contribution in [0.2, 0.25) is 0 Å². The van der Waals surface area contributed by atoms with Crippen LogP contribution < -0.4 is 10.3 Å². The lowest BCUT2D eigenvalue weighted by Crippen LogP contribution is -2.21. The molecule has 0 atom stereocenters. The van der Waals surface area contributed by atoms with Gasteiger partial charge in [0.2, 0.25) is 0 Å². The van der Waals surface area contributed by atoms with Crippen molar-refractivity contribution >= 4 is 5.82 Å². The van der Waals surface area contributed by atoms with Gasteiger partial charge in [0.1, 0.15) is 5.82 Å². The molecule has 1 aliphatic carbocycles. The van der Waals surface area contributed by atoms with E-state index in [1.807, 2.05) is 30.3 Å². The van der Waals surface area contributed by atoms with Crippen molar-refractivity contribution < 1.29 is 0 Å². The van der Waals surface area contributed by atoms with Crippen molar-refractivity contribution in [1.82, 2.24) is 4.57 Å². The van der Waals surface area contributed by atoms with Gasteiger partial charge in [-0.2, -0.15) is 0 Å². The molecule has 1 aromatic carbocycles. The van der Waals surface area contributed by atoms with E-state index in [1.165, 1.54) is 5.69 Å². The summed E-state index contributed by atoms with van der Waals surface area (Å²) in [5.74, 6) is 1.11. The summed E-state index contributed by atoms with van der Waals surface area (Å²) in [6.45, 7) is 2.00. The largest absolute Gasteiger partial charge is 0.359 e. The Balaban J connectivity index is 2.09. The highest BCUT2D eigenvalue weighted by Crippen LogP contribution is 2.35. The first-order chi connectivity index (χ1) is 9.77. The fourth-order valence-electron chi connectivity index (χ4n) is 3.64. The van der Waals surface area contributed by atoms with Gasteiger partial charge in [0.15, 0.2) is 5.43 Å². The lowest BCUT2D eigenvalue weighted by Gasteiger charge is -2.19. The Bertz CT molecular complexity index is 731. The minimum Gasteiger partial charge on any atom is -0.359 e. The van der Waals surface area contributed by atoms with Crippen LogP contribution in [0, 0.1) is 0 Å². The Morgan fingerprint density at radius 1 is 1.05 bits per heavy atom. The van der Waals surface area contributed by atoms with Crippen LogP contribution in [0.3, 0.4) is 0 Å². The van der Waals surface area contributed by atoms with E-state index in [4.69, 9.17) is 0 Å². The second-order valence-corrected chi connectivity index (χ2v) is 5.75. The number of hydrogen-bond acceptors (Lipinski definition) is 2. The van der Waals surface area contributed by atoms with Gasteiger partial charge >= 0.3 is 0 Å². The van der Waals surface area contributed by atoms with Gasteiger partial charge in [-0.15, -0.1) is 0 Å². The third kappa shape index (κ3) is 1.49. The molecule has 4 rings (SSSR count). The summed E-state index contributed by atoms with van der Waals surface area (Å²) in [4.78, 5) is 15.2. The van der Waals surface area contributed by atoms with Crippen LogP contribution in [0.25, 0.3) is 11.1 Å². The molecule has 3 heteroatoms. The Morgan fingerprint density at radius 3 is 2.65 bits per heavy atom. The fourth-order valence-corrected chi connectivity index (χ4v) is 3.64. The first-order valence-corrected chi connectivity index (χ1v) is 7.32. The maximum Gasteiger partial charge on any atom is 0.195 e. The first-order valence-electron chi connectivity index (χ1n) is 7.32. The molecule has 0 radical (unpaired) electrons. The molecular formula is C17H18N2O. The molecule has 0 amide bonds. The molecule has 20 heavy (non-hydrogen) atoms. The summed E-state index contributed by atoms with van der Waals surface area (Å²) >= 11 is 0. The SMILES string of the molecule is CN1CCn2c3c(c(=O)c(-c4ccccc4)c21)CCC3. The molecule has 0 saturated carbocycles. The standard InChI is InChI=1S/C17H18N2O/c1-18-10-11-19-14-9-5-8-13(14)16(20)15(17(18)19)12-6-3-2-4-7-12/h2-4,6-7H,5,8-11H2,1H3. The summed E-state index contributed by atoms with van der Waals surface area (Å²) in [5.41, 5.74) is 4.54. The van der Waals surface area contributed by atoms with Crippen LogP contribution >= 0.6 is 0 Å². The molecule has 3 nitrogen and oxygen atoms in total. The molecule has 0 fully saturated rings. The molecule has 2 aliphatic rings. The molecule has 2 heterocycles. The van der Waals surface area contributed by atoms with Crippen molar-refractivity contribution in [3.63, 3.8) is 0 Å². The number of hydrogen-bond donors (Lipinski definition) is 0. The summed E-state index contributed by atoms with van der Waals surface area (Å²) < 4.78 is 2.38. The van der Waals surface area contributed by atoms with Crippen LogP contribution in [0.4, 0.5) is 5.82 Å². The van der Waals surface area contributed by atoms with Gasteiger partial charge in [-0.05, 0) is 24.8 Å². The number of fused-ring (bicyclic) bond motifs is 3. The minimum absolute atomic E-state index is 0.253. The van der Waals surface area contributed by atoms with E-state index in [0.29, 0.717) is 0 Å². The summed E-state index contributed by atoms with van der Waals surface area (Å²) in [7, 11) is 2.09. The zero-order valence-corrected chi connectivity index (χ0v) is 11.7. The van der Waals surface area contributed by atoms with Crippen molar-refractivity contribution in [2.45, 2.75) is 25.8 Å². The third-order valence-corrected chi connectivity index (χ3v) is 4.58. The zero-order valence-electron chi connectivity index (χ0n) is 11.7. The summed E-state index contributed by atoms with van der Waals surface area (Å²) in [5, 5.41) is 0. The first kappa shape index (κ1) is 11.8. The maximum atomic E-state index is 12.9. The van der Waals surface area contributed by atoms with E-state index in [0.717, 1.165) is 54.9 Å². The Morgan fingerprint density at radius 2 is 1.85 bits per heavy atom. The molecule has 1 aliphatic heterocycles. The topological polar surface area (TPSA) is 25.2 Å². The Labute approximate surface area is 118 Å². The second-order valence-electron chi connectivity index (χ2n) is 5.75. The molecule has 0 spiro atoms.